The predicted octanol–water partition coefficient (Wildman–Crippen LogP) is 2.91. The fraction of sp³-hybridized carbons (Fsp3) is 0.273. The fourth-order valence-corrected chi connectivity index (χ4v) is 4.91. The molecule has 2 aliphatic heterocycles. The number of hydrogen-bond donors (Lipinski definition) is 0. The molecule has 0 spiro atoms. The number of hydrogen-bond acceptors (Lipinski definition) is 6. The van der Waals surface area contributed by atoms with Crippen LogP contribution in [0.5, 0.6) is 0 Å². The lowest BCUT2D eigenvalue weighted by Gasteiger charge is -2.34. The molecular formula is C22H20N4O3S. The minimum absolute atomic E-state index is 0.0374. The predicted molar refractivity (Wildman–Crippen MR) is 116 cm³/mol. The summed E-state index contributed by atoms with van der Waals surface area (Å²) >= 11 is 1.68. The molecule has 0 N–H and O–H groups in total. The average molecular weight is 420 g/mol. The van der Waals surface area contributed by atoms with Crippen LogP contribution in [-0.2, 0) is 9.59 Å². The van der Waals surface area contributed by atoms with Crippen LogP contribution in [0.15, 0.2) is 48.5 Å². The summed E-state index contributed by atoms with van der Waals surface area (Å²) in [5.41, 5.74) is 2.09. The van der Waals surface area contributed by atoms with E-state index in [1.807, 2.05) is 23.1 Å². The third-order valence-corrected chi connectivity index (χ3v) is 6.64. The van der Waals surface area contributed by atoms with Crippen molar-refractivity contribution < 1.29 is 14.4 Å². The van der Waals surface area contributed by atoms with Crippen molar-refractivity contribution in [3.63, 3.8) is 0 Å². The van der Waals surface area contributed by atoms with Gasteiger partial charge in [0.1, 0.15) is 0 Å². The highest BCUT2D eigenvalue weighted by Gasteiger charge is 2.30. The van der Waals surface area contributed by atoms with Gasteiger partial charge >= 0.3 is 0 Å². The van der Waals surface area contributed by atoms with Gasteiger partial charge in [-0.3, -0.25) is 19.3 Å². The second-order valence-electron chi connectivity index (χ2n) is 7.41. The Bertz CT molecular complexity index is 1080. The smallest absolute Gasteiger partial charge is 0.253 e. The molecule has 0 unspecified atom stereocenters. The third-order valence-electron chi connectivity index (χ3n) is 5.54. The van der Waals surface area contributed by atoms with E-state index in [0.29, 0.717) is 24.3 Å². The first-order valence-corrected chi connectivity index (χ1v) is 10.8. The summed E-state index contributed by atoms with van der Waals surface area (Å²) < 4.78 is 1.17. The zero-order valence-corrected chi connectivity index (χ0v) is 17.1. The van der Waals surface area contributed by atoms with E-state index in [4.69, 9.17) is 4.98 Å². The fourth-order valence-electron chi connectivity index (χ4n) is 3.90. The molecule has 2 aliphatic rings. The number of imide groups is 1. The number of anilines is 2. The molecule has 2 aromatic carbocycles. The number of piperazine rings is 1. The summed E-state index contributed by atoms with van der Waals surface area (Å²) in [6.45, 7) is 2.72. The van der Waals surface area contributed by atoms with Gasteiger partial charge in [0.05, 0.1) is 15.9 Å². The molecule has 2 saturated heterocycles. The molecular weight excluding hydrogens is 400 g/mol. The van der Waals surface area contributed by atoms with Crippen LogP contribution >= 0.6 is 11.3 Å². The molecule has 8 heteroatoms. The van der Waals surface area contributed by atoms with Gasteiger partial charge < -0.3 is 9.80 Å². The number of para-hydroxylation sites is 1. The van der Waals surface area contributed by atoms with Crippen molar-refractivity contribution in [2.24, 2.45) is 0 Å². The van der Waals surface area contributed by atoms with Crippen molar-refractivity contribution in [3.05, 3.63) is 54.1 Å². The molecule has 2 fully saturated rings. The highest BCUT2D eigenvalue weighted by Crippen LogP contribution is 2.29. The van der Waals surface area contributed by atoms with Crippen molar-refractivity contribution >= 4 is 50.1 Å². The van der Waals surface area contributed by atoms with Crippen molar-refractivity contribution in [2.45, 2.75) is 12.8 Å². The lowest BCUT2D eigenvalue weighted by molar-refractivity contribution is -0.121. The Morgan fingerprint density at radius 2 is 1.53 bits per heavy atom. The van der Waals surface area contributed by atoms with Gasteiger partial charge in [-0.25, -0.2) is 4.98 Å². The molecule has 0 saturated carbocycles. The first kappa shape index (κ1) is 18.7. The van der Waals surface area contributed by atoms with Crippen LogP contribution in [0, 0.1) is 0 Å². The van der Waals surface area contributed by atoms with E-state index in [2.05, 4.69) is 11.0 Å². The van der Waals surface area contributed by atoms with Crippen LogP contribution in [0.4, 0.5) is 10.8 Å². The maximum absolute atomic E-state index is 12.9. The SMILES string of the molecule is O=C(c1ccc(N2C(=O)CCC2=O)cc1)N1CCN(c2nc3ccccc3s2)CC1. The standard InChI is InChI=1S/C22H20N4O3S/c27-19-9-10-20(28)26(19)16-7-5-15(6-8-16)21(29)24-11-13-25(14-12-24)22-23-17-3-1-2-4-18(17)30-22/h1-8H,9-14H2. The Labute approximate surface area is 177 Å². The van der Waals surface area contributed by atoms with Crippen LogP contribution in [0.25, 0.3) is 10.2 Å². The van der Waals surface area contributed by atoms with Crippen LogP contribution in [0.2, 0.25) is 0 Å². The molecule has 0 atom stereocenters. The minimum atomic E-state index is -0.190. The molecule has 5 rings (SSSR count). The first-order valence-electron chi connectivity index (χ1n) is 9.96. The van der Waals surface area contributed by atoms with Crippen molar-refractivity contribution in [2.75, 3.05) is 36.0 Å². The van der Waals surface area contributed by atoms with Gasteiger partial charge in [0.25, 0.3) is 5.91 Å². The van der Waals surface area contributed by atoms with Gasteiger partial charge in [0.2, 0.25) is 11.8 Å². The normalized spacial score (nSPS) is 17.3. The van der Waals surface area contributed by atoms with Crippen LogP contribution in [-0.4, -0.2) is 53.8 Å². The highest BCUT2D eigenvalue weighted by atomic mass is 32.1. The quantitative estimate of drug-likeness (QED) is 0.609. The molecule has 3 heterocycles. The van der Waals surface area contributed by atoms with E-state index in [0.717, 1.165) is 23.7 Å². The zero-order valence-electron chi connectivity index (χ0n) is 16.3. The summed E-state index contributed by atoms with van der Waals surface area (Å²) in [6, 6.07) is 14.8. The highest BCUT2D eigenvalue weighted by molar-refractivity contribution is 7.22. The Balaban J connectivity index is 1.24. The van der Waals surface area contributed by atoms with Crippen LogP contribution < -0.4 is 9.80 Å². The minimum Gasteiger partial charge on any atom is -0.345 e. The number of aromatic nitrogens is 1. The largest absolute Gasteiger partial charge is 0.345 e. The van der Waals surface area contributed by atoms with Gasteiger partial charge in [0, 0.05) is 44.6 Å². The molecule has 0 radical (unpaired) electrons. The molecule has 1 aromatic heterocycles. The first-order chi connectivity index (χ1) is 14.6. The number of carbonyl (C=O) groups excluding carboxylic acids is 3. The summed E-state index contributed by atoms with van der Waals surface area (Å²) in [5.74, 6) is -0.417. The average Bonchev–Trinajstić information content (AvgIpc) is 3.36. The Morgan fingerprint density at radius 1 is 0.867 bits per heavy atom. The van der Waals surface area contributed by atoms with Gasteiger partial charge in [-0.2, -0.15) is 0 Å². The second-order valence-corrected chi connectivity index (χ2v) is 8.42. The lowest BCUT2D eigenvalue weighted by Crippen LogP contribution is -2.48. The topological polar surface area (TPSA) is 73.8 Å². The zero-order chi connectivity index (χ0) is 20.7. The molecule has 0 aliphatic carbocycles. The van der Waals surface area contributed by atoms with Gasteiger partial charge in [0.15, 0.2) is 5.13 Å². The van der Waals surface area contributed by atoms with Crippen LogP contribution in [0.1, 0.15) is 23.2 Å². The van der Waals surface area contributed by atoms with Crippen molar-refractivity contribution in [3.8, 4) is 0 Å². The monoisotopic (exact) mass is 420 g/mol. The summed E-state index contributed by atoms with van der Waals surface area (Å²) in [6.07, 6.45) is 0.497. The van der Waals surface area contributed by atoms with E-state index >= 15 is 0 Å². The molecule has 0 bridgehead atoms. The number of thiazole rings is 1. The molecule has 7 nitrogen and oxygen atoms in total. The number of nitrogens with zero attached hydrogens (tertiary/aromatic N) is 4. The van der Waals surface area contributed by atoms with E-state index in [1.54, 1.807) is 35.6 Å². The van der Waals surface area contributed by atoms with Gasteiger partial charge in [-0.15, -0.1) is 0 Å². The van der Waals surface area contributed by atoms with E-state index in [9.17, 15) is 14.4 Å². The number of amides is 3. The maximum atomic E-state index is 12.9. The van der Waals surface area contributed by atoms with Gasteiger partial charge in [-0.1, -0.05) is 23.5 Å². The van der Waals surface area contributed by atoms with Crippen LogP contribution in [0.3, 0.4) is 0 Å². The summed E-state index contributed by atoms with van der Waals surface area (Å²) in [4.78, 5) is 46.6. The molecule has 3 amide bonds. The lowest BCUT2D eigenvalue weighted by atomic mass is 10.1. The third kappa shape index (κ3) is 3.33. The Morgan fingerprint density at radius 3 is 2.20 bits per heavy atom. The Hall–Kier alpha value is -3.26. The number of carbonyl (C=O) groups is 3. The molecule has 152 valence electrons. The summed E-state index contributed by atoms with van der Waals surface area (Å²) in [7, 11) is 0. The van der Waals surface area contributed by atoms with E-state index in [-0.39, 0.29) is 30.6 Å². The van der Waals surface area contributed by atoms with Crippen molar-refractivity contribution in [1.82, 2.24) is 9.88 Å². The molecule has 3 aromatic rings. The number of fused-ring (bicyclic) bond motifs is 1. The maximum Gasteiger partial charge on any atom is 0.253 e. The van der Waals surface area contributed by atoms with Gasteiger partial charge in [-0.05, 0) is 36.4 Å². The second kappa shape index (κ2) is 7.53. The van der Waals surface area contributed by atoms with Crippen molar-refractivity contribution in [1.29, 1.82) is 0 Å². The number of benzene rings is 2. The molecule has 30 heavy (non-hydrogen) atoms. The van der Waals surface area contributed by atoms with E-state index in [1.165, 1.54) is 9.60 Å². The number of rotatable bonds is 3. The van der Waals surface area contributed by atoms with E-state index < -0.39 is 0 Å². The Kier molecular flexibility index (Phi) is 4.71. The summed E-state index contributed by atoms with van der Waals surface area (Å²) in [5, 5.41) is 0.993.